The van der Waals surface area contributed by atoms with Crippen molar-refractivity contribution in [3.63, 3.8) is 0 Å². The first-order valence-corrected chi connectivity index (χ1v) is 6.59. The summed E-state index contributed by atoms with van der Waals surface area (Å²) in [5.41, 5.74) is 5.85. The highest BCUT2D eigenvalue weighted by atomic mass is 16.5. The molecule has 2 rings (SSSR count). The van der Waals surface area contributed by atoms with Crippen LogP contribution in [0, 0.1) is 0 Å². The smallest absolute Gasteiger partial charge is 0.134 e. The van der Waals surface area contributed by atoms with E-state index in [1.54, 1.807) is 0 Å². The van der Waals surface area contributed by atoms with E-state index in [0.717, 1.165) is 37.5 Å². The summed E-state index contributed by atoms with van der Waals surface area (Å²) in [5, 5.41) is 0. The molecule has 1 aromatic rings. The Morgan fingerprint density at radius 2 is 2.28 bits per heavy atom. The Morgan fingerprint density at radius 3 is 2.89 bits per heavy atom. The maximum atomic E-state index is 5.85. The summed E-state index contributed by atoms with van der Waals surface area (Å²) in [7, 11) is 2.05. The van der Waals surface area contributed by atoms with Crippen LogP contribution in [0.5, 0.6) is 0 Å². The van der Waals surface area contributed by atoms with Gasteiger partial charge in [-0.1, -0.05) is 6.92 Å². The summed E-state index contributed by atoms with van der Waals surface area (Å²) in [6.45, 7) is 5.03. The van der Waals surface area contributed by atoms with Crippen LogP contribution < -0.4 is 10.6 Å². The summed E-state index contributed by atoms with van der Waals surface area (Å²) >= 11 is 0. The number of aryl methyl sites for hydroxylation is 1. The van der Waals surface area contributed by atoms with Crippen LogP contribution in [0.2, 0.25) is 0 Å². The molecule has 1 fully saturated rings. The van der Waals surface area contributed by atoms with E-state index in [9.17, 15) is 0 Å². The fraction of sp³-hybridized carbons (Fsp3) is 0.692. The number of rotatable bonds is 4. The van der Waals surface area contributed by atoms with E-state index in [-0.39, 0.29) is 6.10 Å². The lowest BCUT2D eigenvalue weighted by Gasteiger charge is -2.28. The average molecular weight is 250 g/mol. The topological polar surface area (TPSA) is 64.3 Å². The van der Waals surface area contributed by atoms with Crippen LogP contribution in [-0.2, 0) is 11.2 Å². The molecular weight excluding hydrogens is 228 g/mol. The maximum absolute atomic E-state index is 5.85. The summed E-state index contributed by atoms with van der Waals surface area (Å²) in [4.78, 5) is 11.0. The molecule has 0 radical (unpaired) electrons. The van der Waals surface area contributed by atoms with Crippen LogP contribution in [0.1, 0.15) is 32.5 Å². The van der Waals surface area contributed by atoms with Crippen LogP contribution in [0.4, 0.5) is 11.6 Å². The number of ether oxygens (including phenoxy) is 1. The first-order chi connectivity index (χ1) is 8.61. The SMILES string of the molecule is CCCc1nc(N)cc(N(C)C2CCOC2C)n1. The molecule has 0 saturated carbocycles. The number of hydrogen-bond donors (Lipinski definition) is 1. The van der Waals surface area contributed by atoms with E-state index < -0.39 is 0 Å². The number of hydrogen-bond acceptors (Lipinski definition) is 5. The van der Waals surface area contributed by atoms with Crippen LogP contribution >= 0.6 is 0 Å². The van der Waals surface area contributed by atoms with E-state index in [1.165, 1.54) is 0 Å². The van der Waals surface area contributed by atoms with E-state index in [0.29, 0.717) is 11.9 Å². The van der Waals surface area contributed by atoms with Gasteiger partial charge in [-0.2, -0.15) is 0 Å². The summed E-state index contributed by atoms with van der Waals surface area (Å²) in [6.07, 6.45) is 3.16. The normalized spacial score (nSPS) is 23.3. The Kier molecular flexibility index (Phi) is 4.01. The lowest BCUT2D eigenvalue weighted by molar-refractivity contribution is 0.118. The summed E-state index contributed by atoms with van der Waals surface area (Å²) in [5.74, 6) is 2.26. The maximum Gasteiger partial charge on any atom is 0.134 e. The van der Waals surface area contributed by atoms with E-state index in [4.69, 9.17) is 10.5 Å². The predicted molar refractivity (Wildman–Crippen MR) is 72.7 cm³/mol. The molecule has 1 saturated heterocycles. The first-order valence-electron chi connectivity index (χ1n) is 6.59. The third-order valence-electron chi connectivity index (χ3n) is 3.45. The van der Waals surface area contributed by atoms with Crippen molar-refractivity contribution in [2.45, 2.75) is 45.3 Å². The van der Waals surface area contributed by atoms with E-state index in [1.807, 2.05) is 13.1 Å². The summed E-state index contributed by atoms with van der Waals surface area (Å²) in [6, 6.07) is 2.21. The molecule has 2 unspecified atom stereocenters. The van der Waals surface area contributed by atoms with Gasteiger partial charge in [0.1, 0.15) is 17.5 Å². The van der Waals surface area contributed by atoms with Crippen LogP contribution in [0.15, 0.2) is 6.07 Å². The highest BCUT2D eigenvalue weighted by Crippen LogP contribution is 2.23. The minimum atomic E-state index is 0.237. The molecule has 5 nitrogen and oxygen atoms in total. The Morgan fingerprint density at radius 1 is 1.50 bits per heavy atom. The van der Waals surface area contributed by atoms with Gasteiger partial charge in [0.25, 0.3) is 0 Å². The van der Waals surface area contributed by atoms with Gasteiger partial charge in [0.15, 0.2) is 0 Å². The fourth-order valence-corrected chi connectivity index (χ4v) is 2.42. The van der Waals surface area contributed by atoms with Gasteiger partial charge < -0.3 is 15.4 Å². The molecular formula is C13H22N4O. The molecule has 1 aromatic heterocycles. The number of nitrogens with zero attached hydrogens (tertiary/aromatic N) is 3. The lowest BCUT2D eigenvalue weighted by atomic mass is 10.1. The van der Waals surface area contributed by atoms with Gasteiger partial charge in [-0.3, -0.25) is 0 Å². The second-order valence-corrected chi connectivity index (χ2v) is 4.86. The molecule has 2 N–H and O–H groups in total. The van der Waals surface area contributed by atoms with Gasteiger partial charge >= 0.3 is 0 Å². The fourth-order valence-electron chi connectivity index (χ4n) is 2.42. The molecule has 0 spiro atoms. The number of likely N-dealkylation sites (N-methyl/N-ethyl adjacent to an activating group) is 1. The molecule has 0 aliphatic carbocycles. The van der Waals surface area contributed by atoms with Gasteiger partial charge in [0.05, 0.1) is 12.1 Å². The van der Waals surface area contributed by atoms with Crippen LogP contribution in [0.3, 0.4) is 0 Å². The standard InChI is InChI=1S/C13H22N4O/c1-4-5-12-15-11(14)8-13(16-12)17(3)10-6-7-18-9(10)2/h8-10H,4-7H2,1-3H3,(H2,14,15,16). The van der Waals surface area contributed by atoms with Gasteiger partial charge in [-0.05, 0) is 19.8 Å². The molecule has 0 amide bonds. The molecule has 1 aliphatic heterocycles. The molecule has 0 bridgehead atoms. The number of nitrogens with two attached hydrogens (primary N) is 1. The Hall–Kier alpha value is -1.36. The molecule has 2 atom stereocenters. The molecule has 0 aromatic carbocycles. The highest BCUT2D eigenvalue weighted by molar-refractivity contribution is 5.47. The van der Waals surface area contributed by atoms with Crippen LogP contribution in [0.25, 0.3) is 0 Å². The van der Waals surface area contributed by atoms with Crippen molar-refractivity contribution in [2.75, 3.05) is 24.3 Å². The third kappa shape index (κ3) is 2.72. The lowest BCUT2D eigenvalue weighted by Crippen LogP contribution is -2.37. The van der Waals surface area contributed by atoms with Crippen molar-refractivity contribution in [1.82, 2.24) is 9.97 Å². The second-order valence-electron chi connectivity index (χ2n) is 4.86. The van der Waals surface area contributed by atoms with Crippen molar-refractivity contribution >= 4 is 11.6 Å². The Balaban J connectivity index is 2.21. The predicted octanol–water partition coefficient (Wildman–Crippen LogP) is 1.62. The zero-order valence-electron chi connectivity index (χ0n) is 11.4. The molecule has 100 valence electrons. The third-order valence-corrected chi connectivity index (χ3v) is 3.45. The molecule has 5 heteroatoms. The monoisotopic (exact) mass is 250 g/mol. The Labute approximate surface area is 108 Å². The minimum Gasteiger partial charge on any atom is -0.384 e. The van der Waals surface area contributed by atoms with Gasteiger partial charge in [-0.25, -0.2) is 9.97 Å². The highest BCUT2D eigenvalue weighted by Gasteiger charge is 2.28. The first kappa shape index (κ1) is 13.1. The summed E-state index contributed by atoms with van der Waals surface area (Å²) < 4.78 is 5.60. The van der Waals surface area contributed by atoms with Crippen molar-refractivity contribution in [3.05, 3.63) is 11.9 Å². The Bertz CT molecular complexity index is 410. The largest absolute Gasteiger partial charge is 0.384 e. The number of aromatic nitrogens is 2. The number of anilines is 2. The number of nitrogen functional groups attached to an aromatic ring is 1. The van der Waals surface area contributed by atoms with Gasteiger partial charge in [0, 0.05) is 26.1 Å². The molecule has 18 heavy (non-hydrogen) atoms. The van der Waals surface area contributed by atoms with Crippen molar-refractivity contribution in [3.8, 4) is 0 Å². The van der Waals surface area contributed by atoms with Crippen molar-refractivity contribution < 1.29 is 4.74 Å². The van der Waals surface area contributed by atoms with E-state index >= 15 is 0 Å². The molecule has 1 aliphatic rings. The zero-order chi connectivity index (χ0) is 13.1. The quantitative estimate of drug-likeness (QED) is 0.879. The van der Waals surface area contributed by atoms with E-state index in [2.05, 4.69) is 28.7 Å². The average Bonchev–Trinajstić information content (AvgIpc) is 2.74. The zero-order valence-corrected chi connectivity index (χ0v) is 11.4. The van der Waals surface area contributed by atoms with Crippen molar-refractivity contribution in [1.29, 1.82) is 0 Å². The second kappa shape index (κ2) is 5.52. The minimum absolute atomic E-state index is 0.237. The van der Waals surface area contributed by atoms with Gasteiger partial charge in [0.2, 0.25) is 0 Å². The van der Waals surface area contributed by atoms with Gasteiger partial charge in [-0.15, -0.1) is 0 Å². The van der Waals surface area contributed by atoms with Crippen molar-refractivity contribution in [2.24, 2.45) is 0 Å². The van der Waals surface area contributed by atoms with Crippen LogP contribution in [-0.4, -0.2) is 35.8 Å². The molecule has 2 heterocycles.